The van der Waals surface area contributed by atoms with E-state index < -0.39 is 10.0 Å². The molecule has 0 spiro atoms. The zero-order chi connectivity index (χ0) is 22.9. The summed E-state index contributed by atoms with van der Waals surface area (Å²) >= 11 is 0. The second-order valence-electron chi connectivity index (χ2n) is 11.9. The average molecular weight is 437 g/mol. The van der Waals surface area contributed by atoms with E-state index in [0.717, 1.165) is 11.8 Å². The van der Waals surface area contributed by atoms with Crippen LogP contribution in [0.2, 0.25) is 0 Å². The van der Waals surface area contributed by atoms with Crippen LogP contribution in [0.5, 0.6) is 0 Å². The van der Waals surface area contributed by atoms with Crippen molar-refractivity contribution in [3.05, 3.63) is 58.0 Å². The third kappa shape index (κ3) is 3.33. The summed E-state index contributed by atoms with van der Waals surface area (Å²) in [6.45, 7) is 20.1. The molecule has 2 aliphatic rings. The maximum Gasteiger partial charge on any atom is 0.0227 e. The van der Waals surface area contributed by atoms with E-state index in [4.69, 9.17) is 0 Å². The minimum atomic E-state index is -1.02. The van der Waals surface area contributed by atoms with Crippen molar-refractivity contribution in [3.8, 4) is 0 Å². The van der Waals surface area contributed by atoms with Crippen LogP contribution in [0.25, 0.3) is 10.8 Å². The Balaban J connectivity index is 1.97. The van der Waals surface area contributed by atoms with Crippen molar-refractivity contribution < 1.29 is 0 Å². The van der Waals surface area contributed by atoms with E-state index in [1.165, 1.54) is 17.2 Å². The second-order valence-corrected chi connectivity index (χ2v) is 15.6. The lowest BCUT2D eigenvalue weighted by atomic mass is 9.66. The number of allylic oxidation sites excluding steroid dienone is 2. The highest BCUT2D eigenvalue weighted by molar-refractivity contribution is 8.36. The van der Waals surface area contributed by atoms with Crippen molar-refractivity contribution in [3.63, 3.8) is 0 Å². The molecule has 170 valence electrons. The first kappa shape index (κ1) is 23.0. The van der Waals surface area contributed by atoms with Gasteiger partial charge in [0.1, 0.15) is 0 Å². The Morgan fingerprint density at radius 3 is 2.13 bits per heavy atom. The van der Waals surface area contributed by atoms with Crippen LogP contribution in [-0.2, 0) is 6.42 Å². The SMILES string of the molecule is CC1=C(S(C)(C)C2c3ccc4ccccc4c3CC(C)C2(C)C)C(C)C(C)C(C)C1C. The second kappa shape index (κ2) is 7.68. The number of benzene rings is 2. The van der Waals surface area contributed by atoms with Crippen LogP contribution >= 0.6 is 10.0 Å². The Hall–Kier alpha value is -1.21. The molecule has 0 amide bonds. The fourth-order valence-corrected chi connectivity index (χ4v) is 12.3. The zero-order valence-corrected chi connectivity index (χ0v) is 22.4. The van der Waals surface area contributed by atoms with Crippen molar-refractivity contribution >= 4 is 20.8 Å². The molecule has 6 unspecified atom stereocenters. The average Bonchev–Trinajstić information content (AvgIpc) is 2.71. The summed E-state index contributed by atoms with van der Waals surface area (Å²) in [7, 11) is -1.02. The van der Waals surface area contributed by atoms with Gasteiger partial charge < -0.3 is 0 Å². The fourth-order valence-electron chi connectivity index (χ4n) is 7.28. The van der Waals surface area contributed by atoms with Crippen molar-refractivity contribution in [2.24, 2.45) is 35.0 Å². The van der Waals surface area contributed by atoms with Gasteiger partial charge in [0.2, 0.25) is 0 Å². The first-order valence-corrected chi connectivity index (χ1v) is 14.8. The Labute approximate surface area is 193 Å². The maximum absolute atomic E-state index is 2.65. The minimum absolute atomic E-state index is 0.289. The smallest absolute Gasteiger partial charge is 0.0227 e. The summed E-state index contributed by atoms with van der Waals surface area (Å²) in [6, 6.07) is 13.9. The molecule has 0 aliphatic heterocycles. The molecule has 0 saturated carbocycles. The summed E-state index contributed by atoms with van der Waals surface area (Å²) in [4.78, 5) is 1.83. The van der Waals surface area contributed by atoms with Gasteiger partial charge in [-0.05, 0) is 87.7 Å². The van der Waals surface area contributed by atoms with E-state index in [9.17, 15) is 0 Å². The van der Waals surface area contributed by atoms with Crippen LogP contribution in [0.3, 0.4) is 0 Å². The first-order valence-electron chi connectivity index (χ1n) is 12.3. The first-order chi connectivity index (χ1) is 14.4. The topological polar surface area (TPSA) is 0 Å². The Kier molecular flexibility index (Phi) is 5.69. The molecule has 0 aromatic heterocycles. The third-order valence-corrected chi connectivity index (χ3v) is 13.7. The lowest BCUT2D eigenvalue weighted by Crippen LogP contribution is -2.40. The highest BCUT2D eigenvalue weighted by atomic mass is 32.3. The van der Waals surface area contributed by atoms with Gasteiger partial charge in [0.15, 0.2) is 0 Å². The van der Waals surface area contributed by atoms with Gasteiger partial charge in [0, 0.05) is 5.25 Å². The van der Waals surface area contributed by atoms with Gasteiger partial charge in [0.05, 0.1) is 0 Å². The van der Waals surface area contributed by atoms with Gasteiger partial charge >= 0.3 is 0 Å². The highest BCUT2D eigenvalue weighted by Gasteiger charge is 2.50. The van der Waals surface area contributed by atoms with Crippen LogP contribution in [0.4, 0.5) is 0 Å². The molecule has 1 heteroatoms. The largest absolute Gasteiger partial charge is 0.216 e. The van der Waals surface area contributed by atoms with E-state index in [0.29, 0.717) is 23.0 Å². The molecule has 31 heavy (non-hydrogen) atoms. The van der Waals surface area contributed by atoms with Crippen molar-refractivity contribution in [1.29, 1.82) is 0 Å². The van der Waals surface area contributed by atoms with Gasteiger partial charge in [-0.1, -0.05) is 90.4 Å². The zero-order valence-electron chi connectivity index (χ0n) is 21.5. The number of rotatable bonds is 2. The summed E-state index contributed by atoms with van der Waals surface area (Å²) in [6.07, 6.45) is 6.51. The van der Waals surface area contributed by atoms with Gasteiger partial charge in [-0.25, -0.2) is 10.0 Å². The van der Waals surface area contributed by atoms with Crippen LogP contribution in [0.1, 0.15) is 71.8 Å². The Bertz CT molecular complexity index is 1020. The van der Waals surface area contributed by atoms with Crippen molar-refractivity contribution in [2.75, 3.05) is 12.5 Å². The molecule has 0 heterocycles. The van der Waals surface area contributed by atoms with Crippen molar-refractivity contribution in [1.82, 2.24) is 0 Å². The van der Waals surface area contributed by atoms with Gasteiger partial charge in [-0.15, -0.1) is 0 Å². The molecular weight excluding hydrogens is 392 g/mol. The molecule has 2 aliphatic carbocycles. The van der Waals surface area contributed by atoms with Gasteiger partial charge in [-0.2, -0.15) is 0 Å². The molecule has 0 nitrogen and oxygen atoms in total. The van der Waals surface area contributed by atoms with Gasteiger partial charge in [0.25, 0.3) is 0 Å². The van der Waals surface area contributed by atoms with Crippen LogP contribution in [0, 0.1) is 35.0 Å². The summed E-state index contributed by atoms with van der Waals surface area (Å²) in [5.41, 5.74) is 5.27. The molecule has 0 radical (unpaired) electrons. The normalized spacial score (nSPS) is 34.0. The molecule has 6 atom stereocenters. The predicted molar refractivity (Wildman–Crippen MR) is 142 cm³/mol. The third-order valence-electron chi connectivity index (χ3n) is 9.86. The molecule has 0 N–H and O–H groups in total. The summed E-state index contributed by atoms with van der Waals surface area (Å²) < 4.78 is 0. The van der Waals surface area contributed by atoms with E-state index in [1.54, 1.807) is 16.7 Å². The van der Waals surface area contributed by atoms with E-state index in [-0.39, 0.29) is 5.41 Å². The lowest BCUT2D eigenvalue weighted by Gasteiger charge is -2.58. The quantitative estimate of drug-likeness (QED) is 0.440. The number of hydrogen-bond acceptors (Lipinski definition) is 0. The molecule has 0 fully saturated rings. The van der Waals surface area contributed by atoms with Crippen LogP contribution in [0.15, 0.2) is 46.9 Å². The van der Waals surface area contributed by atoms with Crippen LogP contribution in [-0.4, -0.2) is 12.5 Å². The van der Waals surface area contributed by atoms with E-state index in [1.807, 2.05) is 4.91 Å². The molecule has 4 rings (SSSR count). The molecule has 2 aromatic rings. The molecular formula is C30H44S. The number of fused-ring (bicyclic) bond motifs is 3. The van der Waals surface area contributed by atoms with Crippen molar-refractivity contribution in [2.45, 2.75) is 67.1 Å². The molecule has 0 bridgehead atoms. The summed E-state index contributed by atoms with van der Waals surface area (Å²) in [5.74, 6) is 3.56. The monoisotopic (exact) mass is 436 g/mol. The summed E-state index contributed by atoms with van der Waals surface area (Å²) in [5, 5.41) is 3.49. The Morgan fingerprint density at radius 2 is 1.45 bits per heavy atom. The lowest BCUT2D eigenvalue weighted by molar-refractivity contribution is 0.203. The highest BCUT2D eigenvalue weighted by Crippen LogP contribution is 2.73. The van der Waals surface area contributed by atoms with Crippen LogP contribution < -0.4 is 0 Å². The predicted octanol–water partition coefficient (Wildman–Crippen LogP) is 9.00. The standard InChI is InChI=1S/C30H44S/c1-18-17-27-25-14-12-11-13-24(25)15-16-26(27)29(30(18,7)8)31(9,10)28-22(5)20(3)19(2)21(4)23(28)6/h11-16,18-22,29H,17H2,1-10H3. The van der Waals surface area contributed by atoms with Gasteiger partial charge in [-0.3, -0.25) is 0 Å². The number of hydrogen-bond donors (Lipinski definition) is 0. The minimum Gasteiger partial charge on any atom is -0.216 e. The van der Waals surface area contributed by atoms with E-state index in [2.05, 4.69) is 104 Å². The maximum atomic E-state index is 2.65. The van der Waals surface area contributed by atoms with E-state index >= 15 is 0 Å². The fraction of sp³-hybridized carbons (Fsp3) is 0.600. The molecule has 2 aromatic carbocycles. The molecule has 0 saturated heterocycles. The Morgan fingerprint density at radius 1 is 0.839 bits per heavy atom.